The highest BCUT2D eigenvalue weighted by Gasteiger charge is 2.23. The van der Waals surface area contributed by atoms with Crippen LogP contribution in [0.15, 0.2) is 18.2 Å². The SMILES string of the molecule is c1cc2c(cc1-c1nn(CCCN3CCOCC3)c3c1CNCC3)OCO2. The highest BCUT2D eigenvalue weighted by molar-refractivity contribution is 5.68. The number of rotatable bonds is 5. The van der Waals surface area contributed by atoms with E-state index >= 15 is 0 Å². The Kier molecular flexibility index (Phi) is 4.73. The molecular formula is C20H26N4O3. The van der Waals surface area contributed by atoms with Gasteiger partial charge in [-0.25, -0.2) is 0 Å². The summed E-state index contributed by atoms with van der Waals surface area (Å²) in [7, 11) is 0. The summed E-state index contributed by atoms with van der Waals surface area (Å²) < 4.78 is 18.7. The van der Waals surface area contributed by atoms with Crippen molar-refractivity contribution >= 4 is 0 Å². The van der Waals surface area contributed by atoms with Crippen molar-refractivity contribution in [1.29, 1.82) is 0 Å². The summed E-state index contributed by atoms with van der Waals surface area (Å²) in [6.45, 7) is 8.07. The van der Waals surface area contributed by atoms with E-state index in [2.05, 4.69) is 27.0 Å². The van der Waals surface area contributed by atoms with Crippen LogP contribution in [-0.2, 0) is 24.2 Å². The molecule has 7 heteroatoms. The van der Waals surface area contributed by atoms with Crippen LogP contribution in [0.2, 0.25) is 0 Å². The van der Waals surface area contributed by atoms with Crippen molar-refractivity contribution in [3.8, 4) is 22.8 Å². The zero-order valence-corrected chi connectivity index (χ0v) is 15.6. The summed E-state index contributed by atoms with van der Waals surface area (Å²) in [6.07, 6.45) is 2.15. The lowest BCUT2D eigenvalue weighted by Gasteiger charge is -2.26. The Morgan fingerprint density at radius 1 is 1.07 bits per heavy atom. The third kappa shape index (κ3) is 3.42. The van der Waals surface area contributed by atoms with E-state index in [-0.39, 0.29) is 0 Å². The van der Waals surface area contributed by atoms with Crippen molar-refractivity contribution in [3.05, 3.63) is 29.5 Å². The van der Waals surface area contributed by atoms with Gasteiger partial charge in [0, 0.05) is 62.5 Å². The smallest absolute Gasteiger partial charge is 0.231 e. The summed E-state index contributed by atoms with van der Waals surface area (Å²) in [4.78, 5) is 2.49. The summed E-state index contributed by atoms with van der Waals surface area (Å²) in [6, 6.07) is 6.12. The molecule has 5 rings (SSSR count). The molecule has 0 unspecified atom stereocenters. The molecule has 0 saturated carbocycles. The maximum atomic E-state index is 5.56. The maximum Gasteiger partial charge on any atom is 0.231 e. The van der Waals surface area contributed by atoms with Crippen LogP contribution in [0.1, 0.15) is 17.7 Å². The summed E-state index contributed by atoms with van der Waals surface area (Å²) in [5.41, 5.74) is 4.88. The molecule has 4 heterocycles. The van der Waals surface area contributed by atoms with Gasteiger partial charge in [0.05, 0.1) is 18.9 Å². The van der Waals surface area contributed by atoms with Crippen molar-refractivity contribution in [1.82, 2.24) is 20.0 Å². The van der Waals surface area contributed by atoms with Gasteiger partial charge in [-0.3, -0.25) is 9.58 Å². The standard InChI is InChI=1S/C20H26N4O3/c1(6-23-8-10-25-11-9-23)7-24-17-4-5-21-13-16(17)20(22-24)15-2-3-18-19(12-15)27-14-26-18/h2-3,12,21H,1,4-11,13-14H2. The molecule has 144 valence electrons. The molecule has 0 spiro atoms. The van der Waals surface area contributed by atoms with Crippen LogP contribution in [0.4, 0.5) is 0 Å². The Hall–Kier alpha value is -2.09. The lowest BCUT2D eigenvalue weighted by atomic mass is 10.0. The Bertz CT molecular complexity index is 814. The van der Waals surface area contributed by atoms with Crippen LogP contribution in [-0.4, -0.2) is 60.9 Å². The molecule has 3 aliphatic heterocycles. The number of aromatic nitrogens is 2. The molecule has 7 nitrogen and oxygen atoms in total. The number of morpholine rings is 1. The van der Waals surface area contributed by atoms with Gasteiger partial charge in [0.2, 0.25) is 6.79 Å². The van der Waals surface area contributed by atoms with E-state index in [1.165, 1.54) is 11.3 Å². The van der Waals surface area contributed by atoms with Gasteiger partial charge in [-0.1, -0.05) is 0 Å². The molecule has 1 aromatic heterocycles. The normalized spacial score (nSPS) is 19.3. The molecule has 1 aromatic carbocycles. The van der Waals surface area contributed by atoms with Crippen molar-refractivity contribution in [2.45, 2.75) is 25.9 Å². The van der Waals surface area contributed by atoms with Gasteiger partial charge >= 0.3 is 0 Å². The average molecular weight is 370 g/mol. The summed E-state index contributed by atoms with van der Waals surface area (Å²) >= 11 is 0. The van der Waals surface area contributed by atoms with Crippen molar-refractivity contribution in [2.75, 3.05) is 46.2 Å². The number of hydrogen-bond acceptors (Lipinski definition) is 6. The number of benzene rings is 1. The van der Waals surface area contributed by atoms with E-state index in [0.717, 1.165) is 88.1 Å². The van der Waals surface area contributed by atoms with Crippen molar-refractivity contribution in [2.24, 2.45) is 0 Å². The molecular weight excluding hydrogens is 344 g/mol. The van der Waals surface area contributed by atoms with Crippen LogP contribution in [0.3, 0.4) is 0 Å². The van der Waals surface area contributed by atoms with Gasteiger partial charge in [0.25, 0.3) is 0 Å². The lowest BCUT2D eigenvalue weighted by Crippen LogP contribution is -2.37. The van der Waals surface area contributed by atoms with E-state index in [0.29, 0.717) is 6.79 Å². The third-order valence-electron chi connectivity index (χ3n) is 5.60. The largest absolute Gasteiger partial charge is 0.454 e. The Morgan fingerprint density at radius 2 is 1.96 bits per heavy atom. The fourth-order valence-corrected chi connectivity index (χ4v) is 4.15. The summed E-state index contributed by atoms with van der Waals surface area (Å²) in [5, 5.41) is 8.50. The second-order valence-corrected chi connectivity index (χ2v) is 7.30. The van der Waals surface area contributed by atoms with Gasteiger partial charge in [0.1, 0.15) is 0 Å². The van der Waals surface area contributed by atoms with Crippen LogP contribution < -0.4 is 14.8 Å². The van der Waals surface area contributed by atoms with Crippen molar-refractivity contribution in [3.63, 3.8) is 0 Å². The van der Waals surface area contributed by atoms with E-state index in [4.69, 9.17) is 19.3 Å². The second-order valence-electron chi connectivity index (χ2n) is 7.30. The molecule has 0 radical (unpaired) electrons. The lowest BCUT2D eigenvalue weighted by molar-refractivity contribution is 0.0368. The van der Waals surface area contributed by atoms with E-state index in [1.54, 1.807) is 0 Å². The molecule has 2 aromatic rings. The minimum atomic E-state index is 0.300. The van der Waals surface area contributed by atoms with Gasteiger partial charge < -0.3 is 19.5 Å². The molecule has 1 saturated heterocycles. The monoisotopic (exact) mass is 370 g/mol. The minimum Gasteiger partial charge on any atom is -0.454 e. The zero-order chi connectivity index (χ0) is 18.1. The Labute approximate surface area is 159 Å². The number of ether oxygens (including phenoxy) is 3. The van der Waals surface area contributed by atoms with Gasteiger partial charge in [-0.05, 0) is 24.6 Å². The highest BCUT2D eigenvalue weighted by atomic mass is 16.7. The van der Waals surface area contributed by atoms with E-state index in [1.807, 2.05) is 6.07 Å². The van der Waals surface area contributed by atoms with Gasteiger partial charge in [0.15, 0.2) is 11.5 Å². The number of nitrogens with zero attached hydrogens (tertiary/aromatic N) is 3. The van der Waals surface area contributed by atoms with Gasteiger partial charge in [-0.15, -0.1) is 0 Å². The zero-order valence-electron chi connectivity index (χ0n) is 15.6. The Balaban J connectivity index is 1.36. The fourth-order valence-electron chi connectivity index (χ4n) is 4.15. The predicted octanol–water partition coefficient (Wildman–Crippen LogP) is 1.65. The first-order valence-corrected chi connectivity index (χ1v) is 9.88. The molecule has 3 aliphatic rings. The van der Waals surface area contributed by atoms with Crippen LogP contribution in [0, 0.1) is 0 Å². The molecule has 1 fully saturated rings. The Morgan fingerprint density at radius 3 is 2.89 bits per heavy atom. The fraction of sp³-hybridized carbons (Fsp3) is 0.550. The predicted molar refractivity (Wildman–Crippen MR) is 101 cm³/mol. The minimum absolute atomic E-state index is 0.300. The number of hydrogen-bond donors (Lipinski definition) is 1. The molecule has 1 N–H and O–H groups in total. The highest BCUT2D eigenvalue weighted by Crippen LogP contribution is 2.37. The second kappa shape index (κ2) is 7.50. The van der Waals surface area contributed by atoms with Crippen molar-refractivity contribution < 1.29 is 14.2 Å². The third-order valence-corrected chi connectivity index (χ3v) is 5.60. The van der Waals surface area contributed by atoms with Crippen LogP contribution in [0.5, 0.6) is 11.5 Å². The number of nitrogens with one attached hydrogen (secondary N) is 1. The molecule has 27 heavy (non-hydrogen) atoms. The van der Waals surface area contributed by atoms with Crippen LogP contribution in [0.25, 0.3) is 11.3 Å². The topological polar surface area (TPSA) is 60.8 Å². The average Bonchev–Trinajstić information content (AvgIpc) is 3.33. The first-order chi connectivity index (χ1) is 13.4. The molecule has 0 bridgehead atoms. The summed E-state index contributed by atoms with van der Waals surface area (Å²) in [5.74, 6) is 1.63. The first kappa shape index (κ1) is 17.0. The maximum absolute atomic E-state index is 5.56. The number of fused-ring (bicyclic) bond motifs is 2. The molecule has 0 aliphatic carbocycles. The molecule has 0 amide bonds. The molecule has 0 atom stereocenters. The van der Waals surface area contributed by atoms with Gasteiger partial charge in [-0.2, -0.15) is 5.10 Å². The number of aryl methyl sites for hydroxylation is 1. The van der Waals surface area contributed by atoms with Crippen LogP contribution >= 0.6 is 0 Å². The van der Waals surface area contributed by atoms with E-state index < -0.39 is 0 Å². The van der Waals surface area contributed by atoms with E-state index in [9.17, 15) is 0 Å². The first-order valence-electron chi connectivity index (χ1n) is 9.88. The quantitative estimate of drug-likeness (QED) is 0.864.